The third-order valence-corrected chi connectivity index (χ3v) is 10.1. The number of carbonyl (C=O) groups is 3. The maximum absolute atomic E-state index is 12.4. The summed E-state index contributed by atoms with van der Waals surface area (Å²) in [5.41, 5.74) is -1.23. The maximum atomic E-state index is 12.4. The molecule has 0 aliphatic heterocycles. The van der Waals surface area contributed by atoms with Gasteiger partial charge >= 0.3 is 5.97 Å². The van der Waals surface area contributed by atoms with Crippen molar-refractivity contribution in [3.05, 3.63) is 11.6 Å². The van der Waals surface area contributed by atoms with E-state index in [9.17, 15) is 29.7 Å². The lowest BCUT2D eigenvalue weighted by Gasteiger charge is -2.60. The van der Waals surface area contributed by atoms with Crippen LogP contribution in [0.2, 0.25) is 0 Å². The van der Waals surface area contributed by atoms with E-state index in [1.165, 1.54) is 24.8 Å². The molecule has 0 amide bonds. The standard InChI is InChI=1S/C21H30O5.C8H16O2/c1-19-7-5-13(23)9-12(19)3-4-14-15-6-8-21(26,17(25)11-22)20(15,2)10-16(24)18(14)19;1-2-3-4-5-6-7-8(9)10/h9,14-16,18,22,24,26H,3-8,10-11H2,1-2H3;2-7H2,1H3,(H,9,10)/t14-,15-,16-,18+,19-,20-,21-;/m0./s1. The first-order valence-electron chi connectivity index (χ1n) is 13.9. The molecule has 0 unspecified atom stereocenters. The van der Waals surface area contributed by atoms with Crippen LogP contribution >= 0.6 is 0 Å². The Labute approximate surface area is 215 Å². The highest BCUT2D eigenvalue weighted by molar-refractivity contribution is 5.91. The van der Waals surface area contributed by atoms with Crippen LogP contribution in [0, 0.1) is 28.6 Å². The zero-order chi connectivity index (χ0) is 26.7. The van der Waals surface area contributed by atoms with Crippen LogP contribution < -0.4 is 0 Å². The Morgan fingerprint density at radius 1 is 1.06 bits per heavy atom. The van der Waals surface area contributed by atoms with Crippen LogP contribution in [-0.2, 0) is 14.4 Å². The molecule has 4 aliphatic carbocycles. The Hall–Kier alpha value is -1.57. The SMILES string of the molecule is CCCCCCCC(=O)O.C[C@]12CCC(=O)C=C1CC[C@@H]1[C@@H]2[C@@H](O)C[C@@]2(C)[C@H]1CC[C@]2(O)C(=O)CO. The minimum Gasteiger partial charge on any atom is -0.481 e. The minimum absolute atomic E-state index is 0.0697. The number of allylic oxidation sites excluding steroid dienone is 1. The van der Waals surface area contributed by atoms with Crippen LogP contribution in [0.4, 0.5) is 0 Å². The predicted octanol–water partition coefficient (Wildman–Crippen LogP) is 4.21. The summed E-state index contributed by atoms with van der Waals surface area (Å²) < 4.78 is 0. The lowest BCUT2D eigenvalue weighted by atomic mass is 9.45. The van der Waals surface area contributed by atoms with Gasteiger partial charge in [0.1, 0.15) is 12.2 Å². The number of aliphatic carboxylic acids is 1. The van der Waals surface area contributed by atoms with Crippen molar-refractivity contribution in [2.75, 3.05) is 6.61 Å². The highest BCUT2D eigenvalue weighted by Crippen LogP contribution is 2.67. The molecule has 3 saturated carbocycles. The molecule has 0 aromatic carbocycles. The topological polar surface area (TPSA) is 132 Å². The molecule has 0 saturated heterocycles. The number of aliphatic hydroxyl groups is 3. The first-order chi connectivity index (χ1) is 16.9. The third-order valence-electron chi connectivity index (χ3n) is 10.1. The van der Waals surface area contributed by atoms with E-state index in [-0.39, 0.29) is 29.0 Å². The van der Waals surface area contributed by atoms with Gasteiger partial charge in [-0.2, -0.15) is 0 Å². The van der Waals surface area contributed by atoms with Gasteiger partial charge in [-0.05, 0) is 74.2 Å². The van der Waals surface area contributed by atoms with Crippen molar-refractivity contribution in [3.63, 3.8) is 0 Å². The van der Waals surface area contributed by atoms with Gasteiger partial charge in [0.05, 0.1) is 6.10 Å². The van der Waals surface area contributed by atoms with Gasteiger partial charge in [-0.1, -0.05) is 52.0 Å². The van der Waals surface area contributed by atoms with Crippen LogP contribution in [0.5, 0.6) is 0 Å². The first kappa shape index (κ1) is 29.0. The van der Waals surface area contributed by atoms with E-state index < -0.39 is 35.5 Å². The van der Waals surface area contributed by atoms with Crippen molar-refractivity contribution >= 4 is 17.5 Å². The second-order valence-corrected chi connectivity index (χ2v) is 12.1. The van der Waals surface area contributed by atoms with E-state index in [2.05, 4.69) is 13.8 Å². The van der Waals surface area contributed by atoms with Gasteiger partial charge in [-0.15, -0.1) is 0 Å². The Balaban J connectivity index is 0.000000308. The third kappa shape index (κ3) is 5.21. The number of hydrogen-bond donors (Lipinski definition) is 4. The maximum Gasteiger partial charge on any atom is 0.303 e. The molecule has 36 heavy (non-hydrogen) atoms. The van der Waals surface area contributed by atoms with E-state index in [1.807, 2.05) is 6.92 Å². The molecule has 0 aromatic rings. The molecule has 4 rings (SSSR count). The molecule has 3 fully saturated rings. The summed E-state index contributed by atoms with van der Waals surface area (Å²) in [5.74, 6) is -0.530. The van der Waals surface area contributed by atoms with Crippen molar-refractivity contribution in [2.24, 2.45) is 28.6 Å². The fourth-order valence-electron chi connectivity index (χ4n) is 8.16. The van der Waals surface area contributed by atoms with Crippen LogP contribution in [-0.4, -0.2) is 56.3 Å². The minimum atomic E-state index is -1.54. The molecule has 0 bridgehead atoms. The van der Waals surface area contributed by atoms with Crippen LogP contribution in [0.3, 0.4) is 0 Å². The number of hydrogen-bond acceptors (Lipinski definition) is 6. The second-order valence-electron chi connectivity index (χ2n) is 12.1. The van der Waals surface area contributed by atoms with Gasteiger partial charge in [-0.3, -0.25) is 14.4 Å². The van der Waals surface area contributed by atoms with Gasteiger partial charge in [0.2, 0.25) is 0 Å². The normalized spacial score (nSPS) is 39.2. The average molecular weight is 507 g/mol. The number of Topliss-reactive ketones (excluding diaryl/α,β-unsaturated/α-hetero) is 1. The van der Waals surface area contributed by atoms with Crippen molar-refractivity contribution < 1.29 is 34.8 Å². The zero-order valence-corrected chi connectivity index (χ0v) is 22.3. The monoisotopic (exact) mass is 506 g/mol. The van der Waals surface area contributed by atoms with E-state index in [4.69, 9.17) is 5.11 Å². The van der Waals surface area contributed by atoms with Crippen LogP contribution in [0.25, 0.3) is 0 Å². The number of fused-ring (bicyclic) bond motifs is 5. The molecule has 4 aliphatic rings. The number of rotatable bonds is 8. The molecule has 0 spiro atoms. The van der Waals surface area contributed by atoms with E-state index in [0.717, 1.165) is 38.5 Å². The number of ketones is 2. The summed E-state index contributed by atoms with van der Waals surface area (Å²) in [6, 6.07) is 0. The Bertz CT molecular complexity index is 866. The van der Waals surface area contributed by atoms with Gasteiger partial charge in [0.25, 0.3) is 0 Å². The highest BCUT2D eigenvalue weighted by Gasteiger charge is 2.68. The number of unbranched alkanes of at least 4 members (excludes halogenated alkanes) is 4. The molecular formula is C29H46O7. The number of aliphatic hydroxyl groups excluding tert-OH is 2. The Morgan fingerprint density at radius 3 is 2.39 bits per heavy atom. The summed E-state index contributed by atoms with van der Waals surface area (Å²) in [6.07, 6.45) is 11.6. The van der Waals surface area contributed by atoms with Crippen molar-refractivity contribution in [1.29, 1.82) is 0 Å². The molecule has 0 heterocycles. The Kier molecular flexibility index (Phi) is 9.22. The van der Waals surface area contributed by atoms with E-state index in [0.29, 0.717) is 25.7 Å². The van der Waals surface area contributed by atoms with Crippen molar-refractivity contribution in [1.82, 2.24) is 0 Å². The average Bonchev–Trinajstić information content (AvgIpc) is 3.10. The summed E-state index contributed by atoms with van der Waals surface area (Å²) in [4.78, 5) is 34.3. The second kappa shape index (κ2) is 11.4. The number of carbonyl (C=O) groups excluding carboxylic acids is 2. The Morgan fingerprint density at radius 2 is 1.75 bits per heavy atom. The lowest BCUT2D eigenvalue weighted by molar-refractivity contribution is -0.182. The van der Waals surface area contributed by atoms with Crippen molar-refractivity contribution in [3.8, 4) is 0 Å². The number of carboxylic acids is 1. The lowest BCUT2D eigenvalue weighted by Crippen LogP contribution is -2.62. The predicted molar refractivity (Wildman–Crippen MR) is 136 cm³/mol. The molecule has 0 aromatic heterocycles. The molecule has 7 nitrogen and oxygen atoms in total. The van der Waals surface area contributed by atoms with Gasteiger partial charge in [-0.25, -0.2) is 0 Å². The summed E-state index contributed by atoms with van der Waals surface area (Å²) in [7, 11) is 0. The number of carboxylic acid groups (broad SMARTS) is 1. The largest absolute Gasteiger partial charge is 0.481 e. The fourth-order valence-corrected chi connectivity index (χ4v) is 8.16. The molecule has 204 valence electrons. The van der Waals surface area contributed by atoms with Crippen molar-refractivity contribution in [2.45, 2.75) is 116 Å². The zero-order valence-electron chi connectivity index (χ0n) is 22.3. The molecule has 7 atom stereocenters. The molecule has 4 N–H and O–H groups in total. The van der Waals surface area contributed by atoms with E-state index >= 15 is 0 Å². The van der Waals surface area contributed by atoms with Gasteiger partial charge in [0, 0.05) is 18.3 Å². The fraction of sp³-hybridized carbons (Fsp3) is 0.828. The van der Waals surface area contributed by atoms with E-state index in [1.54, 1.807) is 6.08 Å². The highest BCUT2D eigenvalue weighted by atomic mass is 16.4. The molecular weight excluding hydrogens is 460 g/mol. The molecule has 7 heteroatoms. The van der Waals surface area contributed by atoms with Crippen LogP contribution in [0.15, 0.2) is 11.6 Å². The summed E-state index contributed by atoms with van der Waals surface area (Å²) >= 11 is 0. The van der Waals surface area contributed by atoms with Crippen LogP contribution in [0.1, 0.15) is 104 Å². The smallest absolute Gasteiger partial charge is 0.303 e. The first-order valence-corrected chi connectivity index (χ1v) is 13.9. The molecule has 0 radical (unpaired) electrons. The summed E-state index contributed by atoms with van der Waals surface area (Å²) in [6.45, 7) is 5.61. The van der Waals surface area contributed by atoms with Gasteiger partial charge in [0.15, 0.2) is 11.6 Å². The van der Waals surface area contributed by atoms with Gasteiger partial charge < -0.3 is 20.4 Å². The summed E-state index contributed by atoms with van der Waals surface area (Å²) in [5, 5.41) is 40.0. The quantitative estimate of drug-likeness (QED) is 0.363.